The third-order valence-corrected chi connectivity index (χ3v) is 5.85. The number of nitrogens with one attached hydrogen (secondary N) is 1. The molecule has 2 aromatic carbocycles. The number of rotatable bonds is 8. The van der Waals surface area contributed by atoms with Crippen molar-refractivity contribution in [1.82, 2.24) is 9.80 Å². The zero-order valence-electron chi connectivity index (χ0n) is 17.7. The highest BCUT2D eigenvalue weighted by Gasteiger charge is 2.14. The van der Waals surface area contributed by atoms with Gasteiger partial charge >= 0.3 is 0 Å². The van der Waals surface area contributed by atoms with E-state index in [1.54, 1.807) is 7.11 Å². The second kappa shape index (κ2) is 11.5. The van der Waals surface area contributed by atoms with Crippen molar-refractivity contribution in [1.29, 1.82) is 0 Å². The lowest BCUT2D eigenvalue weighted by molar-refractivity contribution is 0.0368. The minimum Gasteiger partial charge on any atom is -0.496 e. The summed E-state index contributed by atoms with van der Waals surface area (Å²) >= 11 is 11.8. The monoisotopic (exact) mass is 447 g/mol. The first-order valence-electron chi connectivity index (χ1n) is 10.3. The Hall–Kier alpha value is -1.86. The Balaban J connectivity index is 1.65. The molecule has 162 valence electrons. The summed E-state index contributed by atoms with van der Waals surface area (Å²) in [5.74, 6) is 0.847. The molecule has 0 amide bonds. The predicted molar refractivity (Wildman–Crippen MR) is 128 cm³/mol. The average molecular weight is 448 g/mol. The van der Waals surface area contributed by atoms with E-state index < -0.39 is 0 Å². The minimum absolute atomic E-state index is 0.706. The van der Waals surface area contributed by atoms with Gasteiger partial charge in [0.15, 0.2) is 5.11 Å². The van der Waals surface area contributed by atoms with Gasteiger partial charge in [-0.1, -0.05) is 29.8 Å². The maximum absolute atomic E-state index is 6.05. The van der Waals surface area contributed by atoms with E-state index in [1.165, 1.54) is 5.56 Å². The summed E-state index contributed by atoms with van der Waals surface area (Å²) in [6, 6.07) is 14.0. The Morgan fingerprint density at radius 1 is 1.20 bits per heavy atom. The summed E-state index contributed by atoms with van der Waals surface area (Å²) in [7, 11) is 1.68. The first-order valence-corrected chi connectivity index (χ1v) is 11.1. The second-order valence-corrected chi connectivity index (χ2v) is 8.29. The van der Waals surface area contributed by atoms with E-state index in [4.69, 9.17) is 33.3 Å². The van der Waals surface area contributed by atoms with Gasteiger partial charge in [0.2, 0.25) is 0 Å². The van der Waals surface area contributed by atoms with Crippen LogP contribution in [0.25, 0.3) is 0 Å². The molecule has 0 spiro atoms. The molecule has 0 aliphatic carbocycles. The molecule has 3 rings (SSSR count). The molecule has 0 saturated carbocycles. The topological polar surface area (TPSA) is 37.0 Å². The first kappa shape index (κ1) is 22.8. The summed E-state index contributed by atoms with van der Waals surface area (Å²) in [5, 5.41) is 4.83. The number of nitrogens with zero attached hydrogens (tertiary/aromatic N) is 2. The van der Waals surface area contributed by atoms with Gasteiger partial charge in [-0.3, -0.25) is 4.90 Å². The zero-order chi connectivity index (χ0) is 21.3. The molecule has 0 atom stereocenters. The Bertz CT molecular complexity index is 826. The number of aryl methyl sites for hydroxylation is 1. The molecule has 1 fully saturated rings. The summed E-state index contributed by atoms with van der Waals surface area (Å²) in [6.45, 7) is 8.32. The second-order valence-electron chi connectivity index (χ2n) is 7.47. The Labute approximate surface area is 189 Å². The molecule has 30 heavy (non-hydrogen) atoms. The molecule has 7 heteroatoms. The number of hydrogen-bond acceptors (Lipinski definition) is 4. The third-order valence-electron chi connectivity index (χ3n) is 5.24. The molecule has 2 aromatic rings. The third kappa shape index (κ3) is 6.84. The van der Waals surface area contributed by atoms with Gasteiger partial charge < -0.3 is 19.7 Å². The maximum atomic E-state index is 6.05. The molecular weight excluding hydrogens is 418 g/mol. The lowest BCUT2D eigenvalue weighted by Gasteiger charge is -2.29. The number of anilines is 1. The van der Waals surface area contributed by atoms with Gasteiger partial charge in [-0.15, -0.1) is 0 Å². The van der Waals surface area contributed by atoms with Gasteiger partial charge in [-0.2, -0.15) is 0 Å². The van der Waals surface area contributed by atoms with Crippen molar-refractivity contribution < 1.29 is 9.47 Å². The Morgan fingerprint density at radius 2 is 1.93 bits per heavy atom. The van der Waals surface area contributed by atoms with Gasteiger partial charge in [-0.05, 0) is 54.9 Å². The van der Waals surface area contributed by atoms with Crippen molar-refractivity contribution >= 4 is 34.6 Å². The lowest BCUT2D eigenvalue weighted by Crippen LogP contribution is -2.40. The molecular formula is C23H30ClN3O2S. The summed E-state index contributed by atoms with van der Waals surface area (Å²) in [5.41, 5.74) is 3.20. The van der Waals surface area contributed by atoms with E-state index in [9.17, 15) is 0 Å². The lowest BCUT2D eigenvalue weighted by atomic mass is 10.2. The molecule has 0 unspecified atom stereocenters. The number of ether oxygens (including phenoxy) is 2. The Kier molecular flexibility index (Phi) is 8.75. The fourth-order valence-electron chi connectivity index (χ4n) is 3.47. The van der Waals surface area contributed by atoms with Crippen LogP contribution in [-0.4, -0.2) is 61.4 Å². The molecule has 0 radical (unpaired) electrons. The minimum atomic E-state index is 0.706. The Morgan fingerprint density at radius 3 is 2.63 bits per heavy atom. The summed E-state index contributed by atoms with van der Waals surface area (Å²) in [6.07, 6.45) is 1.03. The van der Waals surface area contributed by atoms with Gasteiger partial charge in [0.25, 0.3) is 0 Å². The molecule has 5 nitrogen and oxygen atoms in total. The van der Waals surface area contributed by atoms with Crippen LogP contribution in [0.1, 0.15) is 17.5 Å². The van der Waals surface area contributed by atoms with Gasteiger partial charge in [-0.25, -0.2) is 0 Å². The van der Waals surface area contributed by atoms with Crippen LogP contribution >= 0.6 is 23.8 Å². The maximum Gasteiger partial charge on any atom is 0.173 e. The number of hydrogen-bond donors (Lipinski definition) is 1. The molecule has 1 saturated heterocycles. The van der Waals surface area contributed by atoms with Crippen molar-refractivity contribution in [3.63, 3.8) is 0 Å². The van der Waals surface area contributed by atoms with Crippen LogP contribution in [0.4, 0.5) is 5.69 Å². The number of methoxy groups -OCH3 is 1. The largest absolute Gasteiger partial charge is 0.496 e. The van der Waals surface area contributed by atoms with Gasteiger partial charge in [0.05, 0.1) is 20.3 Å². The van der Waals surface area contributed by atoms with E-state index in [0.29, 0.717) is 5.11 Å². The summed E-state index contributed by atoms with van der Waals surface area (Å²) in [4.78, 5) is 4.66. The van der Waals surface area contributed by atoms with Crippen LogP contribution in [0, 0.1) is 6.92 Å². The molecule has 1 aliphatic rings. The number of halogens is 1. The van der Waals surface area contributed by atoms with Crippen LogP contribution < -0.4 is 10.1 Å². The van der Waals surface area contributed by atoms with Crippen LogP contribution in [0.15, 0.2) is 42.5 Å². The molecule has 1 aliphatic heterocycles. The van der Waals surface area contributed by atoms with Crippen molar-refractivity contribution in [3.05, 3.63) is 58.6 Å². The first-order chi connectivity index (χ1) is 14.5. The fourth-order valence-corrected chi connectivity index (χ4v) is 3.87. The standard InChI is InChI=1S/C23H30ClN3O2S/c1-18-4-9-21(16-22(18)28-2)25-23(30)27(17-19-5-7-20(24)8-6-19)11-3-10-26-12-14-29-15-13-26/h4-9,16H,3,10-15,17H2,1-2H3,(H,25,30). The zero-order valence-corrected chi connectivity index (χ0v) is 19.3. The van der Waals surface area contributed by atoms with Gasteiger partial charge in [0, 0.05) is 49.5 Å². The van der Waals surface area contributed by atoms with Gasteiger partial charge in [0.1, 0.15) is 5.75 Å². The van der Waals surface area contributed by atoms with Crippen molar-refractivity contribution in [2.24, 2.45) is 0 Å². The number of thiocarbonyl (C=S) groups is 1. The normalized spacial score (nSPS) is 14.4. The quantitative estimate of drug-likeness (QED) is 0.597. The molecule has 1 heterocycles. The van der Waals surface area contributed by atoms with Crippen LogP contribution in [0.5, 0.6) is 5.75 Å². The fraction of sp³-hybridized carbons (Fsp3) is 0.435. The van der Waals surface area contributed by atoms with E-state index in [2.05, 4.69) is 27.2 Å². The van der Waals surface area contributed by atoms with Crippen LogP contribution in [-0.2, 0) is 11.3 Å². The van der Waals surface area contributed by atoms with Crippen LogP contribution in [0.3, 0.4) is 0 Å². The van der Waals surface area contributed by atoms with Crippen LogP contribution in [0.2, 0.25) is 5.02 Å². The number of benzene rings is 2. The SMILES string of the molecule is COc1cc(NC(=S)N(CCCN2CCOCC2)Cc2ccc(Cl)cc2)ccc1C. The van der Waals surface area contributed by atoms with E-state index in [-0.39, 0.29) is 0 Å². The highest BCUT2D eigenvalue weighted by Crippen LogP contribution is 2.23. The van der Waals surface area contributed by atoms with E-state index >= 15 is 0 Å². The smallest absolute Gasteiger partial charge is 0.173 e. The highest BCUT2D eigenvalue weighted by atomic mass is 35.5. The number of morpholine rings is 1. The van der Waals surface area contributed by atoms with E-state index in [1.807, 2.05) is 37.3 Å². The van der Waals surface area contributed by atoms with E-state index in [0.717, 1.165) is 74.4 Å². The highest BCUT2D eigenvalue weighted by molar-refractivity contribution is 7.80. The molecule has 0 aromatic heterocycles. The molecule has 0 bridgehead atoms. The predicted octanol–water partition coefficient (Wildman–Crippen LogP) is 4.58. The summed E-state index contributed by atoms with van der Waals surface area (Å²) < 4.78 is 10.9. The average Bonchev–Trinajstić information content (AvgIpc) is 2.76. The van der Waals surface area contributed by atoms with Crippen molar-refractivity contribution in [2.45, 2.75) is 19.9 Å². The molecule has 1 N–H and O–H groups in total. The van der Waals surface area contributed by atoms with Crippen molar-refractivity contribution in [2.75, 3.05) is 51.8 Å². The van der Waals surface area contributed by atoms with Crippen molar-refractivity contribution in [3.8, 4) is 5.75 Å².